The molecular weight excluding hydrogens is 498 g/mol. The first-order chi connectivity index (χ1) is 17.3. The molecule has 1 fully saturated rings. The Morgan fingerprint density at radius 1 is 1.17 bits per heavy atom. The van der Waals surface area contributed by atoms with Crippen LogP contribution in [0.4, 0.5) is 11.4 Å². The van der Waals surface area contributed by atoms with Gasteiger partial charge in [-0.25, -0.2) is 8.42 Å². The van der Waals surface area contributed by atoms with Crippen molar-refractivity contribution in [3.05, 3.63) is 96.5 Å². The van der Waals surface area contributed by atoms with Gasteiger partial charge < -0.3 is 23.9 Å². The lowest BCUT2D eigenvalue weighted by Gasteiger charge is -2.29. The minimum Gasteiger partial charge on any atom is -0.494 e. The smallest absolute Gasteiger partial charge is 0.229 e. The molecule has 1 aliphatic heterocycles. The molecule has 0 bridgehead atoms. The van der Waals surface area contributed by atoms with Crippen molar-refractivity contribution in [1.82, 2.24) is 14.9 Å². The summed E-state index contributed by atoms with van der Waals surface area (Å²) in [4.78, 5) is 6.61. The molecule has 5 rings (SSSR count). The van der Waals surface area contributed by atoms with E-state index in [1.54, 1.807) is 24.6 Å². The summed E-state index contributed by atoms with van der Waals surface area (Å²) in [7, 11) is -1.98. The van der Waals surface area contributed by atoms with E-state index in [1.807, 2.05) is 53.6 Å². The summed E-state index contributed by atoms with van der Waals surface area (Å²) < 4.78 is 39.3. The first-order valence-corrected chi connectivity index (χ1v) is 13.5. The van der Waals surface area contributed by atoms with Crippen LogP contribution in [0, 0.1) is 0 Å². The van der Waals surface area contributed by atoms with E-state index in [1.165, 1.54) is 7.11 Å². The number of furan rings is 1. The second-order valence-corrected chi connectivity index (χ2v) is 10.5. The highest BCUT2D eigenvalue weighted by Crippen LogP contribution is 2.43. The Morgan fingerprint density at radius 2 is 2.03 bits per heavy atom. The van der Waals surface area contributed by atoms with Crippen molar-refractivity contribution in [3.8, 4) is 5.75 Å². The van der Waals surface area contributed by atoms with Crippen molar-refractivity contribution >= 4 is 38.7 Å². The summed E-state index contributed by atoms with van der Waals surface area (Å²) in [6.45, 7) is 0.557. The number of anilines is 2. The molecule has 1 aliphatic rings. The second kappa shape index (κ2) is 9.67. The molecule has 1 saturated heterocycles. The van der Waals surface area contributed by atoms with Gasteiger partial charge in [0, 0.05) is 29.8 Å². The molecule has 0 radical (unpaired) electrons. The molecular formula is C25H25N5O4S2. The molecule has 0 amide bonds. The number of nitrogens with zero attached hydrogens (tertiary/aromatic N) is 3. The van der Waals surface area contributed by atoms with Gasteiger partial charge in [-0.2, -0.15) is 0 Å². The van der Waals surface area contributed by atoms with E-state index in [4.69, 9.17) is 21.4 Å². The summed E-state index contributed by atoms with van der Waals surface area (Å²) in [5.41, 5.74) is 2.95. The van der Waals surface area contributed by atoms with Gasteiger partial charge in [0.25, 0.3) is 0 Å². The number of hydrogen-bond donors (Lipinski definition) is 2. The topological polar surface area (TPSA) is 102 Å². The number of sulfonamides is 1. The molecule has 36 heavy (non-hydrogen) atoms. The van der Waals surface area contributed by atoms with E-state index in [2.05, 4.69) is 25.7 Å². The first-order valence-electron chi connectivity index (χ1n) is 11.2. The van der Waals surface area contributed by atoms with Gasteiger partial charge >= 0.3 is 0 Å². The fraction of sp³-hybridized carbons (Fsp3) is 0.200. The first kappa shape index (κ1) is 23.9. The zero-order valence-electron chi connectivity index (χ0n) is 19.7. The van der Waals surface area contributed by atoms with Crippen LogP contribution in [0.2, 0.25) is 0 Å². The molecule has 0 saturated carbocycles. The maximum Gasteiger partial charge on any atom is 0.229 e. The molecule has 2 N–H and O–H groups in total. The minimum atomic E-state index is -3.48. The molecule has 0 aliphatic carbocycles. The highest BCUT2D eigenvalue weighted by atomic mass is 32.2. The number of methoxy groups -OCH3 is 1. The van der Waals surface area contributed by atoms with Crippen LogP contribution in [0.25, 0.3) is 0 Å². The Labute approximate surface area is 214 Å². The highest BCUT2D eigenvalue weighted by molar-refractivity contribution is 7.92. The van der Waals surface area contributed by atoms with Gasteiger partial charge in [-0.05, 0) is 60.7 Å². The summed E-state index contributed by atoms with van der Waals surface area (Å²) in [5, 5.41) is 3.96. The third-order valence-electron chi connectivity index (χ3n) is 5.93. The number of thiocarbonyl (C=S) groups is 1. The molecule has 4 heterocycles. The molecule has 2 atom stereocenters. The maximum atomic E-state index is 11.8. The number of pyridine rings is 1. The lowest BCUT2D eigenvalue weighted by atomic mass is 10.0. The molecule has 11 heteroatoms. The van der Waals surface area contributed by atoms with Crippen LogP contribution in [0.1, 0.15) is 29.2 Å². The predicted molar refractivity (Wildman–Crippen MR) is 142 cm³/mol. The number of rotatable bonds is 8. The Morgan fingerprint density at radius 3 is 2.72 bits per heavy atom. The normalized spacial score (nSPS) is 17.7. The van der Waals surface area contributed by atoms with Crippen molar-refractivity contribution in [1.29, 1.82) is 0 Å². The molecule has 0 spiro atoms. The highest BCUT2D eigenvalue weighted by Gasteiger charge is 2.42. The van der Waals surface area contributed by atoms with Crippen LogP contribution >= 0.6 is 12.2 Å². The lowest BCUT2D eigenvalue weighted by molar-refractivity contribution is 0.416. The van der Waals surface area contributed by atoms with Gasteiger partial charge in [0.1, 0.15) is 17.6 Å². The zero-order valence-corrected chi connectivity index (χ0v) is 21.3. The quantitative estimate of drug-likeness (QED) is 0.333. The van der Waals surface area contributed by atoms with E-state index >= 15 is 0 Å². The second-order valence-electron chi connectivity index (χ2n) is 8.40. The van der Waals surface area contributed by atoms with Crippen LogP contribution in [-0.2, 0) is 16.6 Å². The van der Waals surface area contributed by atoms with Crippen molar-refractivity contribution in [2.75, 3.05) is 23.0 Å². The third-order valence-corrected chi connectivity index (χ3v) is 6.84. The summed E-state index contributed by atoms with van der Waals surface area (Å²) >= 11 is 5.82. The SMILES string of the molecule is COc1cc(N2C(=S)NC(c3ccccn3)C2c2cccn2Cc2ccco2)ccc1NS(C)(=O)=O. The molecule has 3 aromatic heterocycles. The van der Waals surface area contributed by atoms with Crippen molar-refractivity contribution in [3.63, 3.8) is 0 Å². The van der Waals surface area contributed by atoms with Gasteiger partial charge in [0.15, 0.2) is 5.11 Å². The number of nitrogens with one attached hydrogen (secondary N) is 2. The van der Waals surface area contributed by atoms with Crippen molar-refractivity contribution in [2.24, 2.45) is 0 Å². The van der Waals surface area contributed by atoms with Gasteiger partial charge in [-0.1, -0.05) is 6.07 Å². The van der Waals surface area contributed by atoms with Crippen LogP contribution < -0.4 is 19.7 Å². The average Bonchev–Trinajstić information content (AvgIpc) is 3.60. The Balaban J connectivity index is 1.60. The van der Waals surface area contributed by atoms with Crippen LogP contribution in [0.15, 0.2) is 83.7 Å². The van der Waals surface area contributed by atoms with E-state index in [0.717, 1.165) is 29.1 Å². The Hall–Kier alpha value is -3.83. The maximum absolute atomic E-state index is 11.8. The van der Waals surface area contributed by atoms with Crippen molar-refractivity contribution < 1.29 is 17.6 Å². The zero-order chi connectivity index (χ0) is 25.3. The standard InChI is InChI=1S/C25H25N5O4S2/c1-33-22-15-17(10-11-19(22)28-36(2,31)32)30-24(23(27-25(30)35)20-8-3-4-12-26-20)21-9-5-13-29(21)16-18-7-6-14-34-18/h3-15,23-24,28H,16H2,1-2H3,(H,27,35). The average molecular weight is 524 g/mol. The van der Waals surface area contributed by atoms with E-state index in [0.29, 0.717) is 23.1 Å². The lowest BCUT2D eigenvalue weighted by Crippen LogP contribution is -2.30. The van der Waals surface area contributed by atoms with E-state index < -0.39 is 10.0 Å². The fourth-order valence-electron chi connectivity index (χ4n) is 4.46. The van der Waals surface area contributed by atoms with Gasteiger partial charge in [-0.3, -0.25) is 9.71 Å². The van der Waals surface area contributed by atoms with Gasteiger partial charge in [0.05, 0.1) is 43.6 Å². The molecule has 1 aromatic carbocycles. The monoisotopic (exact) mass is 523 g/mol. The summed E-state index contributed by atoms with van der Waals surface area (Å²) in [5.74, 6) is 1.21. The fourth-order valence-corrected chi connectivity index (χ4v) is 5.37. The predicted octanol–water partition coefficient (Wildman–Crippen LogP) is 4.08. The molecule has 186 valence electrons. The summed E-state index contributed by atoms with van der Waals surface area (Å²) in [6, 6.07) is 18.4. The van der Waals surface area contributed by atoms with Crippen LogP contribution in [0.5, 0.6) is 5.75 Å². The van der Waals surface area contributed by atoms with Crippen molar-refractivity contribution in [2.45, 2.75) is 18.6 Å². The Bertz CT molecular complexity index is 1470. The molecule has 2 unspecified atom stereocenters. The third kappa shape index (κ3) is 4.79. The number of hydrogen-bond acceptors (Lipinski definition) is 6. The Kier molecular flexibility index (Phi) is 6.42. The molecule has 9 nitrogen and oxygen atoms in total. The largest absolute Gasteiger partial charge is 0.494 e. The number of ether oxygens (including phenoxy) is 1. The van der Waals surface area contributed by atoms with Gasteiger partial charge in [0.2, 0.25) is 10.0 Å². The number of benzene rings is 1. The van der Waals surface area contributed by atoms with Gasteiger partial charge in [-0.15, -0.1) is 0 Å². The van der Waals surface area contributed by atoms with Crippen LogP contribution in [-0.4, -0.2) is 36.4 Å². The van der Waals surface area contributed by atoms with E-state index in [9.17, 15) is 8.42 Å². The minimum absolute atomic E-state index is 0.233. The van der Waals surface area contributed by atoms with Crippen LogP contribution in [0.3, 0.4) is 0 Å². The number of aromatic nitrogens is 2. The molecule has 4 aromatic rings. The van der Waals surface area contributed by atoms with E-state index in [-0.39, 0.29) is 12.1 Å². The summed E-state index contributed by atoms with van der Waals surface area (Å²) in [6.07, 6.45) is 6.52.